The predicted octanol–water partition coefficient (Wildman–Crippen LogP) is 3.17. The highest BCUT2D eigenvalue weighted by atomic mass is 16.5. The molecule has 1 N–H and O–H groups in total. The molecule has 0 saturated heterocycles. The van der Waals surface area contributed by atoms with Crippen molar-refractivity contribution in [2.45, 2.75) is 57.9 Å². The van der Waals surface area contributed by atoms with Crippen LogP contribution in [0.2, 0.25) is 0 Å². The van der Waals surface area contributed by atoms with E-state index in [4.69, 9.17) is 9.51 Å². The molecular formula is C20H25N5O2. The van der Waals surface area contributed by atoms with Gasteiger partial charge in [0.15, 0.2) is 5.82 Å². The van der Waals surface area contributed by atoms with Crippen LogP contribution in [0.3, 0.4) is 0 Å². The molecule has 7 nitrogen and oxygen atoms in total. The highest BCUT2D eigenvalue weighted by molar-refractivity contribution is 5.77. The van der Waals surface area contributed by atoms with Crippen molar-refractivity contribution < 1.29 is 9.32 Å². The first kappa shape index (κ1) is 17.7. The fourth-order valence-electron chi connectivity index (χ4n) is 3.35. The smallest absolute Gasteiger partial charge is 0.227 e. The molecule has 7 heteroatoms. The van der Waals surface area contributed by atoms with Gasteiger partial charge in [0.1, 0.15) is 5.82 Å². The first-order valence-corrected chi connectivity index (χ1v) is 9.67. The third-order valence-electron chi connectivity index (χ3n) is 4.85. The molecule has 27 heavy (non-hydrogen) atoms. The van der Waals surface area contributed by atoms with Gasteiger partial charge >= 0.3 is 0 Å². The molecule has 4 rings (SSSR count). The summed E-state index contributed by atoms with van der Waals surface area (Å²) >= 11 is 0. The van der Waals surface area contributed by atoms with Crippen LogP contribution in [0.4, 0.5) is 0 Å². The van der Waals surface area contributed by atoms with Crippen LogP contribution in [0.15, 0.2) is 28.8 Å². The maximum atomic E-state index is 12.1. The standard InChI is InChI=1S/C20H25N5O2/c1-13(2)25-16-6-4-3-5-15(16)22-17(25)11-12-21-18(26)9-10-19-23-20(24-27-19)14-7-8-14/h3-6,13-14H,7-12H2,1-2H3,(H,21,26). The van der Waals surface area contributed by atoms with E-state index in [0.717, 1.165) is 35.5 Å². The lowest BCUT2D eigenvalue weighted by Gasteiger charge is -2.13. The Morgan fingerprint density at radius 3 is 2.85 bits per heavy atom. The number of benzene rings is 1. The minimum Gasteiger partial charge on any atom is -0.356 e. The molecule has 1 aliphatic rings. The van der Waals surface area contributed by atoms with Crippen LogP contribution in [0, 0.1) is 0 Å². The average Bonchev–Trinajstić information content (AvgIpc) is 3.27. The molecule has 142 valence electrons. The summed E-state index contributed by atoms with van der Waals surface area (Å²) in [6.45, 7) is 4.86. The lowest BCUT2D eigenvalue weighted by molar-refractivity contribution is -0.121. The molecule has 1 saturated carbocycles. The number of para-hydroxylation sites is 2. The van der Waals surface area contributed by atoms with Crippen molar-refractivity contribution in [1.29, 1.82) is 0 Å². The van der Waals surface area contributed by atoms with E-state index in [-0.39, 0.29) is 5.91 Å². The van der Waals surface area contributed by atoms with E-state index in [2.05, 4.69) is 39.9 Å². The molecule has 0 spiro atoms. The van der Waals surface area contributed by atoms with E-state index < -0.39 is 0 Å². The maximum absolute atomic E-state index is 12.1. The van der Waals surface area contributed by atoms with Gasteiger partial charge in [-0.25, -0.2) is 4.98 Å². The van der Waals surface area contributed by atoms with Crippen LogP contribution in [0.1, 0.15) is 62.6 Å². The average molecular weight is 367 g/mol. The third kappa shape index (κ3) is 4.02. The molecule has 2 aromatic heterocycles. The Balaban J connectivity index is 1.29. The van der Waals surface area contributed by atoms with Crippen LogP contribution in [-0.4, -0.2) is 32.1 Å². The quantitative estimate of drug-likeness (QED) is 0.661. The Morgan fingerprint density at radius 2 is 2.07 bits per heavy atom. The SMILES string of the molecule is CC(C)n1c(CCNC(=O)CCc2nc(C3CC3)no2)nc2ccccc21. The van der Waals surface area contributed by atoms with Gasteiger partial charge in [0.25, 0.3) is 0 Å². The van der Waals surface area contributed by atoms with Gasteiger partial charge in [-0.2, -0.15) is 4.98 Å². The highest BCUT2D eigenvalue weighted by Gasteiger charge is 2.28. The molecule has 0 aliphatic heterocycles. The summed E-state index contributed by atoms with van der Waals surface area (Å²) in [4.78, 5) is 21.2. The van der Waals surface area contributed by atoms with Crippen molar-refractivity contribution >= 4 is 16.9 Å². The number of hydrogen-bond donors (Lipinski definition) is 1. The molecule has 3 aromatic rings. The molecular weight excluding hydrogens is 342 g/mol. The van der Waals surface area contributed by atoms with Crippen LogP contribution in [0.5, 0.6) is 0 Å². The van der Waals surface area contributed by atoms with Gasteiger partial charge in [-0.05, 0) is 38.8 Å². The highest BCUT2D eigenvalue weighted by Crippen LogP contribution is 2.38. The number of rotatable bonds is 8. The second kappa shape index (κ2) is 7.50. The van der Waals surface area contributed by atoms with Crippen molar-refractivity contribution in [2.24, 2.45) is 0 Å². The number of amides is 1. The Bertz CT molecular complexity index is 939. The third-order valence-corrected chi connectivity index (χ3v) is 4.85. The van der Waals surface area contributed by atoms with Gasteiger partial charge in [-0.3, -0.25) is 4.79 Å². The topological polar surface area (TPSA) is 85.8 Å². The maximum Gasteiger partial charge on any atom is 0.227 e. The number of carbonyl (C=O) groups is 1. The van der Waals surface area contributed by atoms with E-state index in [1.165, 1.54) is 0 Å². The molecule has 0 atom stereocenters. The number of fused-ring (bicyclic) bond motifs is 1. The van der Waals surface area contributed by atoms with Gasteiger partial charge in [0.05, 0.1) is 11.0 Å². The van der Waals surface area contributed by atoms with Gasteiger partial charge in [-0.1, -0.05) is 17.3 Å². The second-order valence-corrected chi connectivity index (χ2v) is 7.40. The molecule has 1 aromatic carbocycles. The number of imidazole rings is 1. The van der Waals surface area contributed by atoms with E-state index in [9.17, 15) is 4.79 Å². The molecule has 2 heterocycles. The summed E-state index contributed by atoms with van der Waals surface area (Å²) < 4.78 is 7.45. The van der Waals surface area contributed by atoms with Crippen LogP contribution < -0.4 is 5.32 Å². The molecule has 0 radical (unpaired) electrons. The summed E-state index contributed by atoms with van der Waals surface area (Å²) in [5.74, 6) is 2.80. The first-order valence-electron chi connectivity index (χ1n) is 9.67. The molecule has 1 fully saturated rings. The summed E-state index contributed by atoms with van der Waals surface area (Å²) in [6.07, 6.45) is 3.81. The largest absolute Gasteiger partial charge is 0.356 e. The molecule has 1 aliphatic carbocycles. The number of aromatic nitrogens is 4. The zero-order valence-electron chi connectivity index (χ0n) is 15.8. The zero-order valence-corrected chi connectivity index (χ0v) is 15.8. The number of nitrogens with zero attached hydrogens (tertiary/aromatic N) is 4. The van der Waals surface area contributed by atoms with Crippen molar-refractivity contribution in [3.05, 3.63) is 41.8 Å². The Kier molecular flexibility index (Phi) is 4.92. The molecule has 0 bridgehead atoms. The first-order chi connectivity index (χ1) is 13.1. The van der Waals surface area contributed by atoms with Crippen LogP contribution >= 0.6 is 0 Å². The van der Waals surface area contributed by atoms with Gasteiger partial charge < -0.3 is 14.4 Å². The van der Waals surface area contributed by atoms with Crippen LogP contribution in [-0.2, 0) is 17.6 Å². The Hall–Kier alpha value is -2.70. The van der Waals surface area contributed by atoms with Gasteiger partial charge in [-0.15, -0.1) is 0 Å². The Labute approximate surface area is 158 Å². The van der Waals surface area contributed by atoms with Gasteiger partial charge in [0, 0.05) is 37.8 Å². The number of carbonyl (C=O) groups excluding carboxylic acids is 1. The summed E-state index contributed by atoms with van der Waals surface area (Å²) in [7, 11) is 0. The number of nitrogens with one attached hydrogen (secondary N) is 1. The minimum absolute atomic E-state index is 0.00613. The number of hydrogen-bond acceptors (Lipinski definition) is 5. The molecule has 0 unspecified atom stereocenters. The lowest BCUT2D eigenvalue weighted by atomic mass is 10.2. The lowest BCUT2D eigenvalue weighted by Crippen LogP contribution is -2.26. The summed E-state index contributed by atoms with van der Waals surface area (Å²) in [6, 6.07) is 8.46. The number of aryl methyl sites for hydroxylation is 1. The zero-order chi connectivity index (χ0) is 18.8. The summed E-state index contributed by atoms with van der Waals surface area (Å²) in [5.41, 5.74) is 2.13. The van der Waals surface area contributed by atoms with Crippen molar-refractivity contribution in [2.75, 3.05) is 6.54 Å². The van der Waals surface area contributed by atoms with E-state index in [1.54, 1.807) is 0 Å². The van der Waals surface area contributed by atoms with Gasteiger partial charge in [0.2, 0.25) is 11.8 Å². The van der Waals surface area contributed by atoms with E-state index in [0.29, 0.717) is 43.7 Å². The Morgan fingerprint density at radius 1 is 1.26 bits per heavy atom. The minimum atomic E-state index is -0.00613. The predicted molar refractivity (Wildman–Crippen MR) is 101 cm³/mol. The van der Waals surface area contributed by atoms with Crippen molar-refractivity contribution in [3.63, 3.8) is 0 Å². The van der Waals surface area contributed by atoms with E-state index in [1.807, 2.05) is 18.2 Å². The molecule has 1 amide bonds. The fourth-order valence-corrected chi connectivity index (χ4v) is 3.35. The normalized spacial score (nSPS) is 14.2. The second-order valence-electron chi connectivity index (χ2n) is 7.40. The summed E-state index contributed by atoms with van der Waals surface area (Å²) in [5, 5.41) is 6.95. The van der Waals surface area contributed by atoms with E-state index >= 15 is 0 Å². The fraction of sp³-hybridized carbons (Fsp3) is 0.500. The monoisotopic (exact) mass is 367 g/mol. The van der Waals surface area contributed by atoms with Crippen molar-refractivity contribution in [1.82, 2.24) is 25.0 Å². The van der Waals surface area contributed by atoms with Crippen molar-refractivity contribution in [3.8, 4) is 0 Å². The van der Waals surface area contributed by atoms with Crippen LogP contribution in [0.25, 0.3) is 11.0 Å².